The molecule has 1 aromatic heterocycles. The van der Waals surface area contributed by atoms with Gasteiger partial charge in [0.15, 0.2) is 0 Å². The summed E-state index contributed by atoms with van der Waals surface area (Å²) in [5, 5.41) is 5.14. The number of carbonyl (C=O) groups is 1. The molecule has 5 heteroatoms. The number of para-hydroxylation sites is 2. The van der Waals surface area contributed by atoms with Crippen LogP contribution >= 0.6 is 0 Å². The zero-order valence-corrected chi connectivity index (χ0v) is 16.1. The van der Waals surface area contributed by atoms with Gasteiger partial charge >= 0.3 is 0 Å². The average molecular weight is 383 g/mol. The second kappa shape index (κ2) is 8.44. The Labute approximate surface area is 169 Å². The molecule has 1 heterocycles. The van der Waals surface area contributed by atoms with Crippen molar-refractivity contribution in [3.05, 3.63) is 102 Å². The third-order valence-corrected chi connectivity index (χ3v) is 4.71. The minimum Gasteiger partial charge on any atom is -0.488 e. The predicted molar refractivity (Wildman–Crippen MR) is 115 cm³/mol. The number of benzene rings is 3. The fourth-order valence-electron chi connectivity index (χ4n) is 3.18. The molecule has 4 aromatic rings. The normalized spacial score (nSPS) is 11.1. The Kier molecular flexibility index (Phi) is 5.38. The number of hydrogen-bond donors (Lipinski definition) is 1. The van der Waals surface area contributed by atoms with E-state index < -0.39 is 0 Å². The van der Waals surface area contributed by atoms with Gasteiger partial charge in [0.2, 0.25) is 0 Å². The van der Waals surface area contributed by atoms with E-state index in [2.05, 4.69) is 10.5 Å². The van der Waals surface area contributed by atoms with Crippen molar-refractivity contribution in [1.29, 1.82) is 0 Å². The maximum absolute atomic E-state index is 12.5. The van der Waals surface area contributed by atoms with Gasteiger partial charge in [0.25, 0.3) is 5.91 Å². The molecular weight excluding hydrogens is 362 g/mol. The Morgan fingerprint density at radius 1 is 1.00 bits per heavy atom. The standard InChI is InChI=1S/C24H21N3O2/c1-27-21-13-7-5-11-19(21)15-22(27)24(28)26-25-16-20-12-6-8-14-23(20)29-17-18-9-3-2-4-10-18/h2-16H,17H2,1H3,(H,26,28)/b25-16+. The van der Waals surface area contributed by atoms with Crippen LogP contribution in [0.2, 0.25) is 0 Å². The van der Waals surface area contributed by atoms with Gasteiger partial charge in [-0.05, 0) is 29.8 Å². The van der Waals surface area contributed by atoms with E-state index in [1.54, 1.807) is 6.21 Å². The first-order valence-corrected chi connectivity index (χ1v) is 9.36. The van der Waals surface area contributed by atoms with E-state index in [0.29, 0.717) is 18.1 Å². The van der Waals surface area contributed by atoms with Crippen LogP contribution in [0.5, 0.6) is 5.75 Å². The molecule has 1 N–H and O–H groups in total. The van der Waals surface area contributed by atoms with Crippen molar-refractivity contribution in [2.75, 3.05) is 0 Å². The van der Waals surface area contributed by atoms with Crippen LogP contribution in [0.3, 0.4) is 0 Å². The molecule has 0 atom stereocenters. The van der Waals surface area contributed by atoms with Crippen molar-refractivity contribution < 1.29 is 9.53 Å². The number of ether oxygens (including phenoxy) is 1. The summed E-state index contributed by atoms with van der Waals surface area (Å²) in [6.45, 7) is 0.466. The van der Waals surface area contributed by atoms with Crippen molar-refractivity contribution in [2.45, 2.75) is 6.61 Å². The molecule has 0 aliphatic rings. The van der Waals surface area contributed by atoms with Crippen LogP contribution < -0.4 is 10.2 Å². The number of amides is 1. The van der Waals surface area contributed by atoms with E-state index in [-0.39, 0.29) is 5.91 Å². The molecule has 0 unspecified atom stereocenters. The molecule has 3 aromatic carbocycles. The number of aromatic nitrogens is 1. The molecule has 29 heavy (non-hydrogen) atoms. The molecule has 0 aliphatic carbocycles. The van der Waals surface area contributed by atoms with Crippen LogP contribution in [-0.2, 0) is 13.7 Å². The van der Waals surface area contributed by atoms with Crippen LogP contribution in [-0.4, -0.2) is 16.7 Å². The summed E-state index contributed by atoms with van der Waals surface area (Å²) in [5.74, 6) is 0.446. The summed E-state index contributed by atoms with van der Waals surface area (Å²) in [6, 6.07) is 27.3. The molecule has 144 valence electrons. The topological polar surface area (TPSA) is 55.6 Å². The molecule has 0 aliphatic heterocycles. The van der Waals surface area contributed by atoms with Crippen molar-refractivity contribution in [3.8, 4) is 5.75 Å². The Balaban J connectivity index is 1.45. The Morgan fingerprint density at radius 2 is 1.72 bits per heavy atom. The van der Waals surface area contributed by atoms with Gasteiger partial charge in [0.1, 0.15) is 18.1 Å². The Morgan fingerprint density at radius 3 is 2.55 bits per heavy atom. The highest BCUT2D eigenvalue weighted by Gasteiger charge is 2.12. The van der Waals surface area contributed by atoms with Gasteiger partial charge in [-0.1, -0.05) is 60.7 Å². The first kappa shape index (κ1) is 18.5. The number of aryl methyl sites for hydroxylation is 1. The van der Waals surface area contributed by atoms with Crippen molar-refractivity contribution in [3.63, 3.8) is 0 Å². The molecular formula is C24H21N3O2. The summed E-state index contributed by atoms with van der Waals surface area (Å²) >= 11 is 0. The predicted octanol–water partition coefficient (Wildman–Crippen LogP) is 4.52. The lowest BCUT2D eigenvalue weighted by Gasteiger charge is -2.09. The lowest BCUT2D eigenvalue weighted by atomic mass is 10.2. The lowest BCUT2D eigenvalue weighted by Crippen LogP contribution is -2.20. The van der Waals surface area contributed by atoms with E-state index in [0.717, 1.165) is 22.0 Å². The zero-order chi connectivity index (χ0) is 20.1. The minimum absolute atomic E-state index is 0.261. The fraction of sp³-hybridized carbons (Fsp3) is 0.0833. The van der Waals surface area contributed by atoms with Crippen LogP contribution in [0.15, 0.2) is 90.0 Å². The van der Waals surface area contributed by atoms with E-state index in [4.69, 9.17) is 4.74 Å². The van der Waals surface area contributed by atoms with Gasteiger partial charge in [-0.2, -0.15) is 5.10 Å². The Bertz CT molecular complexity index is 1160. The molecule has 0 fully saturated rings. The van der Waals surface area contributed by atoms with Gasteiger partial charge in [-0.15, -0.1) is 0 Å². The summed E-state index contributed by atoms with van der Waals surface area (Å²) in [6.07, 6.45) is 1.60. The van der Waals surface area contributed by atoms with E-state index >= 15 is 0 Å². The van der Waals surface area contributed by atoms with Crippen molar-refractivity contribution in [1.82, 2.24) is 9.99 Å². The molecule has 0 bridgehead atoms. The summed E-state index contributed by atoms with van der Waals surface area (Å²) < 4.78 is 7.77. The number of nitrogens with one attached hydrogen (secondary N) is 1. The second-order valence-corrected chi connectivity index (χ2v) is 6.66. The molecule has 0 radical (unpaired) electrons. The maximum atomic E-state index is 12.5. The number of carbonyl (C=O) groups excluding carboxylic acids is 1. The number of fused-ring (bicyclic) bond motifs is 1. The number of rotatable bonds is 6. The summed E-state index contributed by atoms with van der Waals surface area (Å²) in [4.78, 5) is 12.5. The Hall–Kier alpha value is -3.86. The molecule has 1 amide bonds. The highest BCUT2D eigenvalue weighted by molar-refractivity contribution is 5.99. The van der Waals surface area contributed by atoms with E-state index in [1.807, 2.05) is 96.5 Å². The monoisotopic (exact) mass is 383 g/mol. The molecule has 0 saturated heterocycles. The highest BCUT2D eigenvalue weighted by atomic mass is 16.5. The zero-order valence-electron chi connectivity index (χ0n) is 16.1. The van der Waals surface area contributed by atoms with Crippen LogP contribution in [0.1, 0.15) is 21.6 Å². The lowest BCUT2D eigenvalue weighted by molar-refractivity contribution is 0.0947. The maximum Gasteiger partial charge on any atom is 0.287 e. The largest absolute Gasteiger partial charge is 0.488 e. The molecule has 0 spiro atoms. The summed E-state index contributed by atoms with van der Waals surface area (Å²) in [7, 11) is 1.87. The number of nitrogens with zero attached hydrogens (tertiary/aromatic N) is 2. The third kappa shape index (κ3) is 4.19. The minimum atomic E-state index is -0.261. The van der Waals surface area contributed by atoms with Gasteiger partial charge in [-0.3, -0.25) is 4.79 Å². The number of hydrogen-bond acceptors (Lipinski definition) is 3. The van der Waals surface area contributed by atoms with Gasteiger partial charge in [0.05, 0.1) is 6.21 Å². The van der Waals surface area contributed by atoms with Gasteiger partial charge in [-0.25, -0.2) is 5.43 Å². The van der Waals surface area contributed by atoms with Crippen LogP contribution in [0.4, 0.5) is 0 Å². The molecule has 0 saturated carbocycles. The first-order chi connectivity index (χ1) is 14.2. The van der Waals surface area contributed by atoms with E-state index in [1.165, 1.54) is 0 Å². The third-order valence-electron chi connectivity index (χ3n) is 4.71. The second-order valence-electron chi connectivity index (χ2n) is 6.66. The first-order valence-electron chi connectivity index (χ1n) is 9.36. The highest BCUT2D eigenvalue weighted by Crippen LogP contribution is 2.19. The molecule has 4 rings (SSSR count). The van der Waals surface area contributed by atoms with Crippen LogP contribution in [0.25, 0.3) is 10.9 Å². The average Bonchev–Trinajstić information content (AvgIpc) is 3.10. The fourth-order valence-corrected chi connectivity index (χ4v) is 3.18. The SMILES string of the molecule is Cn1c(C(=O)N/N=C/c2ccccc2OCc2ccccc2)cc2ccccc21. The van der Waals surface area contributed by atoms with Crippen molar-refractivity contribution in [2.24, 2.45) is 12.1 Å². The van der Waals surface area contributed by atoms with Gasteiger partial charge in [0, 0.05) is 23.5 Å². The molecule has 5 nitrogen and oxygen atoms in total. The smallest absolute Gasteiger partial charge is 0.287 e. The van der Waals surface area contributed by atoms with Crippen LogP contribution in [0, 0.1) is 0 Å². The quantitative estimate of drug-likeness (QED) is 0.393. The number of hydrazone groups is 1. The van der Waals surface area contributed by atoms with Crippen molar-refractivity contribution >= 4 is 23.0 Å². The van der Waals surface area contributed by atoms with Gasteiger partial charge < -0.3 is 9.30 Å². The summed E-state index contributed by atoms with van der Waals surface area (Å²) in [5.41, 5.74) is 6.04. The van der Waals surface area contributed by atoms with E-state index in [9.17, 15) is 4.79 Å².